The molecule has 1 rings (SSSR count). The van der Waals surface area contributed by atoms with Gasteiger partial charge in [0.05, 0.1) is 0 Å². The van der Waals surface area contributed by atoms with Crippen molar-refractivity contribution < 1.29 is 0 Å². The van der Waals surface area contributed by atoms with Crippen LogP contribution in [0.3, 0.4) is 0 Å². The highest BCUT2D eigenvalue weighted by Gasteiger charge is 2.12. The van der Waals surface area contributed by atoms with Crippen molar-refractivity contribution in [3.63, 3.8) is 0 Å². The van der Waals surface area contributed by atoms with Crippen molar-refractivity contribution in [3.05, 3.63) is 17.0 Å². The molecule has 90 valence electrons. The van der Waals surface area contributed by atoms with Gasteiger partial charge in [-0.05, 0) is 13.2 Å². The predicted molar refractivity (Wildman–Crippen MR) is 72.7 cm³/mol. The first-order valence-electron chi connectivity index (χ1n) is 5.33. The molecule has 0 aliphatic carbocycles. The highest BCUT2D eigenvalue weighted by molar-refractivity contribution is 7.98. The van der Waals surface area contributed by atoms with Crippen molar-refractivity contribution in [3.8, 4) is 0 Å². The SMILES string of the molecule is CCc1nc(Cl)cc(N(C)C(C)CSC)n1. The Morgan fingerprint density at radius 1 is 1.50 bits per heavy atom. The van der Waals surface area contributed by atoms with Crippen LogP contribution in [0, 0.1) is 0 Å². The lowest BCUT2D eigenvalue weighted by atomic mass is 10.3. The Bertz CT molecular complexity index is 346. The molecule has 0 saturated carbocycles. The number of hydrogen-bond acceptors (Lipinski definition) is 4. The minimum absolute atomic E-state index is 0.436. The van der Waals surface area contributed by atoms with E-state index in [0.29, 0.717) is 11.2 Å². The summed E-state index contributed by atoms with van der Waals surface area (Å²) < 4.78 is 0. The van der Waals surface area contributed by atoms with Gasteiger partial charge in [0.15, 0.2) is 0 Å². The van der Waals surface area contributed by atoms with Crippen molar-refractivity contribution in [1.29, 1.82) is 0 Å². The second-order valence-corrected chi connectivity index (χ2v) is 5.03. The molecule has 0 radical (unpaired) electrons. The number of rotatable bonds is 5. The third-order valence-corrected chi connectivity index (χ3v) is 3.48. The van der Waals surface area contributed by atoms with Crippen molar-refractivity contribution in [2.24, 2.45) is 0 Å². The van der Waals surface area contributed by atoms with E-state index < -0.39 is 0 Å². The Kier molecular flexibility index (Phi) is 5.35. The van der Waals surface area contributed by atoms with E-state index in [-0.39, 0.29) is 0 Å². The van der Waals surface area contributed by atoms with Gasteiger partial charge in [0, 0.05) is 31.3 Å². The Labute approximate surface area is 107 Å². The van der Waals surface area contributed by atoms with Crippen LogP contribution in [0.25, 0.3) is 0 Å². The van der Waals surface area contributed by atoms with Gasteiger partial charge in [-0.1, -0.05) is 18.5 Å². The molecule has 0 aliphatic rings. The lowest BCUT2D eigenvalue weighted by Gasteiger charge is -2.25. The van der Waals surface area contributed by atoms with Gasteiger partial charge in [-0.15, -0.1) is 0 Å². The van der Waals surface area contributed by atoms with Gasteiger partial charge in [-0.2, -0.15) is 11.8 Å². The topological polar surface area (TPSA) is 29.0 Å². The number of nitrogens with zero attached hydrogens (tertiary/aromatic N) is 3. The van der Waals surface area contributed by atoms with Crippen LogP contribution in [-0.2, 0) is 6.42 Å². The second kappa shape index (κ2) is 6.30. The summed E-state index contributed by atoms with van der Waals surface area (Å²) in [6.07, 6.45) is 2.91. The summed E-state index contributed by atoms with van der Waals surface area (Å²) in [6.45, 7) is 4.21. The molecule has 1 aromatic heterocycles. The van der Waals surface area contributed by atoms with Crippen molar-refractivity contribution in [2.45, 2.75) is 26.3 Å². The monoisotopic (exact) mass is 259 g/mol. The van der Waals surface area contributed by atoms with Gasteiger partial charge in [-0.3, -0.25) is 0 Å². The first kappa shape index (κ1) is 13.6. The zero-order chi connectivity index (χ0) is 12.1. The summed E-state index contributed by atoms with van der Waals surface area (Å²) in [4.78, 5) is 10.8. The zero-order valence-electron chi connectivity index (χ0n) is 10.2. The predicted octanol–water partition coefficient (Wildman–Crippen LogP) is 2.88. The first-order valence-corrected chi connectivity index (χ1v) is 7.10. The molecule has 0 bridgehead atoms. The first-order chi connectivity index (χ1) is 7.58. The molecular formula is C11H18ClN3S. The molecule has 16 heavy (non-hydrogen) atoms. The van der Waals surface area contributed by atoms with Gasteiger partial charge < -0.3 is 4.90 Å². The smallest absolute Gasteiger partial charge is 0.134 e. The lowest BCUT2D eigenvalue weighted by molar-refractivity contribution is 0.745. The molecule has 1 atom stereocenters. The molecule has 0 aliphatic heterocycles. The van der Waals surface area contributed by atoms with Crippen molar-refractivity contribution >= 4 is 29.2 Å². The van der Waals surface area contributed by atoms with E-state index in [4.69, 9.17) is 11.6 Å². The average molecular weight is 260 g/mol. The van der Waals surface area contributed by atoms with E-state index in [1.54, 1.807) is 0 Å². The van der Waals surface area contributed by atoms with Gasteiger partial charge in [0.2, 0.25) is 0 Å². The van der Waals surface area contributed by atoms with Crippen LogP contribution in [-0.4, -0.2) is 35.1 Å². The molecule has 1 aromatic rings. The second-order valence-electron chi connectivity index (χ2n) is 3.73. The minimum atomic E-state index is 0.436. The van der Waals surface area contributed by atoms with Gasteiger partial charge >= 0.3 is 0 Å². The zero-order valence-corrected chi connectivity index (χ0v) is 11.8. The fourth-order valence-electron chi connectivity index (χ4n) is 1.37. The van der Waals surface area contributed by atoms with E-state index >= 15 is 0 Å². The Balaban J connectivity index is 2.89. The van der Waals surface area contributed by atoms with Crippen LogP contribution in [0.5, 0.6) is 0 Å². The fraction of sp³-hybridized carbons (Fsp3) is 0.636. The summed E-state index contributed by atoms with van der Waals surface area (Å²) in [7, 11) is 2.04. The van der Waals surface area contributed by atoms with Crippen molar-refractivity contribution in [1.82, 2.24) is 9.97 Å². The van der Waals surface area contributed by atoms with Crippen LogP contribution in [0.4, 0.5) is 5.82 Å². The molecular weight excluding hydrogens is 242 g/mol. The average Bonchev–Trinajstić information content (AvgIpc) is 2.27. The highest BCUT2D eigenvalue weighted by atomic mass is 35.5. The van der Waals surface area contributed by atoms with E-state index in [0.717, 1.165) is 23.8 Å². The maximum Gasteiger partial charge on any atom is 0.134 e. The highest BCUT2D eigenvalue weighted by Crippen LogP contribution is 2.18. The maximum atomic E-state index is 5.97. The van der Waals surface area contributed by atoms with E-state index in [2.05, 4.69) is 28.0 Å². The van der Waals surface area contributed by atoms with Crippen LogP contribution in [0.1, 0.15) is 19.7 Å². The Morgan fingerprint density at radius 2 is 2.19 bits per heavy atom. The molecule has 3 nitrogen and oxygen atoms in total. The van der Waals surface area contributed by atoms with E-state index in [9.17, 15) is 0 Å². The third kappa shape index (κ3) is 3.52. The summed E-state index contributed by atoms with van der Waals surface area (Å²) in [5.41, 5.74) is 0. The normalized spacial score (nSPS) is 12.6. The Morgan fingerprint density at radius 3 is 2.75 bits per heavy atom. The number of thioether (sulfide) groups is 1. The number of aryl methyl sites for hydroxylation is 1. The quantitative estimate of drug-likeness (QED) is 0.761. The summed E-state index contributed by atoms with van der Waals surface area (Å²) >= 11 is 7.80. The van der Waals surface area contributed by atoms with Gasteiger partial charge in [0.1, 0.15) is 16.8 Å². The molecule has 0 fully saturated rings. The molecule has 1 unspecified atom stereocenters. The number of hydrogen-bond donors (Lipinski definition) is 0. The lowest BCUT2D eigenvalue weighted by Crippen LogP contribution is -2.31. The molecule has 0 spiro atoms. The van der Waals surface area contributed by atoms with Crippen LogP contribution in [0.2, 0.25) is 5.15 Å². The van der Waals surface area contributed by atoms with E-state index in [1.807, 2.05) is 31.8 Å². The van der Waals surface area contributed by atoms with Crippen LogP contribution in [0.15, 0.2) is 6.07 Å². The minimum Gasteiger partial charge on any atom is -0.356 e. The molecule has 0 saturated heterocycles. The van der Waals surface area contributed by atoms with Gasteiger partial charge in [0.25, 0.3) is 0 Å². The molecule has 1 heterocycles. The van der Waals surface area contributed by atoms with Crippen LogP contribution >= 0.6 is 23.4 Å². The molecule has 0 amide bonds. The number of aromatic nitrogens is 2. The standard InChI is InChI=1S/C11H18ClN3S/c1-5-10-13-9(12)6-11(14-10)15(3)8(2)7-16-4/h6,8H,5,7H2,1-4H3. The molecule has 5 heteroatoms. The third-order valence-electron chi connectivity index (χ3n) is 2.47. The summed E-state index contributed by atoms with van der Waals surface area (Å²) in [6, 6.07) is 2.25. The van der Waals surface area contributed by atoms with Gasteiger partial charge in [-0.25, -0.2) is 9.97 Å². The summed E-state index contributed by atoms with van der Waals surface area (Å²) in [5, 5.41) is 0.519. The number of anilines is 1. The molecule has 0 N–H and O–H groups in total. The summed E-state index contributed by atoms with van der Waals surface area (Å²) in [5.74, 6) is 2.77. The van der Waals surface area contributed by atoms with Crippen LogP contribution < -0.4 is 4.90 Å². The maximum absolute atomic E-state index is 5.97. The van der Waals surface area contributed by atoms with E-state index in [1.165, 1.54) is 0 Å². The molecule has 0 aromatic carbocycles. The van der Waals surface area contributed by atoms with Crippen molar-refractivity contribution in [2.75, 3.05) is 24.0 Å². The fourth-order valence-corrected chi connectivity index (χ4v) is 2.27. The Hall–Kier alpha value is -0.480. The number of halogens is 1. The largest absolute Gasteiger partial charge is 0.356 e.